The van der Waals surface area contributed by atoms with Crippen LogP contribution in [0.4, 0.5) is 5.82 Å². The molecule has 0 unspecified atom stereocenters. The number of nitrogens with zero attached hydrogens (tertiary/aromatic N) is 2. The third-order valence-electron chi connectivity index (χ3n) is 4.06. The van der Waals surface area contributed by atoms with Crippen LogP contribution in [0.5, 0.6) is 28.9 Å². The topological polar surface area (TPSA) is 109 Å². The number of aliphatic hydroxyl groups excluding tert-OH is 1. The highest BCUT2D eigenvalue weighted by Gasteiger charge is 2.19. The average Bonchev–Trinajstić information content (AvgIpc) is 2.75. The average molecular weight is 397 g/mol. The molecule has 0 saturated carbocycles. The van der Waals surface area contributed by atoms with E-state index in [0.717, 1.165) is 11.3 Å². The van der Waals surface area contributed by atoms with Crippen molar-refractivity contribution in [3.05, 3.63) is 59.9 Å². The summed E-state index contributed by atoms with van der Waals surface area (Å²) in [7, 11) is 3.15. The van der Waals surface area contributed by atoms with Crippen molar-refractivity contribution in [3.63, 3.8) is 0 Å². The van der Waals surface area contributed by atoms with Crippen molar-refractivity contribution < 1.29 is 24.1 Å². The number of nitrogen functional groups attached to an aromatic ring is 1. The van der Waals surface area contributed by atoms with Gasteiger partial charge >= 0.3 is 0 Å². The Morgan fingerprint density at radius 3 is 2.24 bits per heavy atom. The van der Waals surface area contributed by atoms with Crippen molar-refractivity contribution in [2.75, 3.05) is 33.2 Å². The van der Waals surface area contributed by atoms with E-state index in [-0.39, 0.29) is 30.7 Å². The highest BCUT2D eigenvalue weighted by atomic mass is 16.5. The van der Waals surface area contributed by atoms with Gasteiger partial charge in [-0.05, 0) is 18.2 Å². The second-order valence-corrected chi connectivity index (χ2v) is 5.97. The lowest BCUT2D eigenvalue weighted by Crippen LogP contribution is -2.10. The number of aliphatic hydroxyl groups is 1. The Bertz CT molecular complexity index is 965. The van der Waals surface area contributed by atoms with Gasteiger partial charge in [-0.3, -0.25) is 0 Å². The minimum absolute atomic E-state index is 0.0346. The fourth-order valence-corrected chi connectivity index (χ4v) is 2.74. The molecule has 0 atom stereocenters. The van der Waals surface area contributed by atoms with Crippen LogP contribution in [0, 0.1) is 0 Å². The summed E-state index contributed by atoms with van der Waals surface area (Å²) >= 11 is 0. The summed E-state index contributed by atoms with van der Waals surface area (Å²) in [5.41, 5.74) is 7.07. The number of hydrogen-bond donors (Lipinski definition) is 2. The molecule has 0 radical (unpaired) electrons. The van der Waals surface area contributed by atoms with Gasteiger partial charge in [0.15, 0.2) is 17.3 Å². The lowest BCUT2D eigenvalue weighted by atomic mass is 10.1. The number of benzene rings is 2. The predicted octanol–water partition coefficient (Wildman–Crippen LogP) is 2.83. The standard InChI is InChI=1S/C21H23N3O5/c1-26-15-8-4-3-7-14(15)13-18-23-20(22)19(21(24-18)28-12-11-25)29-17-10-6-5-9-16(17)27-2/h3-10,25H,11-13H2,1-2H3,(H2,22,23,24). The smallest absolute Gasteiger partial charge is 0.263 e. The van der Waals surface area contributed by atoms with Gasteiger partial charge in [0.1, 0.15) is 18.2 Å². The molecular formula is C21H23N3O5. The summed E-state index contributed by atoms with van der Waals surface area (Å²) in [6, 6.07) is 14.7. The molecule has 29 heavy (non-hydrogen) atoms. The molecule has 3 rings (SSSR count). The zero-order valence-electron chi connectivity index (χ0n) is 16.3. The number of aromatic nitrogens is 2. The Labute approximate surface area is 168 Å². The summed E-state index contributed by atoms with van der Waals surface area (Å²) in [6.07, 6.45) is 0.388. The SMILES string of the molecule is COc1ccccc1Cc1nc(N)c(Oc2ccccc2OC)c(OCCO)n1. The maximum Gasteiger partial charge on any atom is 0.263 e. The minimum atomic E-state index is -0.181. The second kappa shape index (κ2) is 9.61. The Kier molecular flexibility index (Phi) is 6.70. The molecule has 8 nitrogen and oxygen atoms in total. The van der Waals surface area contributed by atoms with E-state index in [1.54, 1.807) is 32.4 Å². The molecule has 0 saturated heterocycles. The number of nitrogens with two attached hydrogens (primary N) is 1. The van der Waals surface area contributed by atoms with E-state index in [4.69, 9.17) is 29.8 Å². The number of ether oxygens (including phenoxy) is 4. The molecule has 0 amide bonds. The summed E-state index contributed by atoms with van der Waals surface area (Å²) < 4.78 is 22.2. The number of rotatable bonds is 9. The first-order chi connectivity index (χ1) is 14.2. The van der Waals surface area contributed by atoms with E-state index in [2.05, 4.69) is 9.97 Å². The van der Waals surface area contributed by atoms with Crippen LogP contribution in [-0.4, -0.2) is 42.5 Å². The summed E-state index contributed by atoms with van der Waals surface area (Å²) in [6.45, 7) is -0.146. The highest BCUT2D eigenvalue weighted by molar-refractivity contribution is 5.56. The largest absolute Gasteiger partial charge is 0.496 e. The Morgan fingerprint density at radius 2 is 1.55 bits per heavy atom. The molecule has 3 N–H and O–H groups in total. The molecule has 0 aliphatic heterocycles. The van der Waals surface area contributed by atoms with Gasteiger partial charge in [-0.1, -0.05) is 30.3 Å². The molecule has 0 aliphatic rings. The van der Waals surface area contributed by atoms with E-state index >= 15 is 0 Å². The van der Waals surface area contributed by atoms with Gasteiger partial charge in [-0.2, -0.15) is 4.98 Å². The van der Waals surface area contributed by atoms with Gasteiger partial charge in [0.25, 0.3) is 5.88 Å². The normalized spacial score (nSPS) is 10.4. The van der Waals surface area contributed by atoms with E-state index < -0.39 is 0 Å². The van der Waals surface area contributed by atoms with Crippen molar-refractivity contribution in [3.8, 4) is 28.9 Å². The fraction of sp³-hybridized carbons (Fsp3) is 0.238. The second-order valence-electron chi connectivity index (χ2n) is 5.97. The van der Waals surface area contributed by atoms with Crippen LogP contribution < -0.4 is 24.7 Å². The van der Waals surface area contributed by atoms with Gasteiger partial charge in [0.05, 0.1) is 20.8 Å². The molecular weight excluding hydrogens is 374 g/mol. The Hall–Kier alpha value is -3.52. The predicted molar refractivity (Wildman–Crippen MR) is 108 cm³/mol. The van der Waals surface area contributed by atoms with Crippen molar-refractivity contribution in [1.29, 1.82) is 0 Å². The summed E-state index contributed by atoms with van der Waals surface area (Å²) in [5.74, 6) is 2.54. The zero-order chi connectivity index (χ0) is 20.6. The maximum absolute atomic E-state index is 9.16. The maximum atomic E-state index is 9.16. The molecule has 1 aromatic heterocycles. The Balaban J connectivity index is 1.96. The molecule has 2 aromatic carbocycles. The van der Waals surface area contributed by atoms with Gasteiger partial charge < -0.3 is 29.8 Å². The van der Waals surface area contributed by atoms with Gasteiger partial charge in [0.2, 0.25) is 5.75 Å². The van der Waals surface area contributed by atoms with Gasteiger partial charge in [0, 0.05) is 12.0 Å². The lowest BCUT2D eigenvalue weighted by Gasteiger charge is -2.16. The van der Waals surface area contributed by atoms with Crippen LogP contribution >= 0.6 is 0 Å². The summed E-state index contributed by atoms with van der Waals surface area (Å²) in [5, 5.41) is 9.16. The minimum Gasteiger partial charge on any atom is -0.496 e. The monoisotopic (exact) mass is 397 g/mol. The van der Waals surface area contributed by atoms with Crippen LogP contribution in [0.1, 0.15) is 11.4 Å². The van der Waals surface area contributed by atoms with E-state index in [1.165, 1.54) is 0 Å². The number of methoxy groups -OCH3 is 2. The van der Waals surface area contributed by atoms with Crippen LogP contribution in [0.15, 0.2) is 48.5 Å². The van der Waals surface area contributed by atoms with Crippen LogP contribution in [-0.2, 0) is 6.42 Å². The number of para-hydroxylation sites is 3. The molecule has 0 fully saturated rings. The van der Waals surface area contributed by atoms with Crippen LogP contribution in [0.3, 0.4) is 0 Å². The van der Waals surface area contributed by atoms with Gasteiger partial charge in [-0.15, -0.1) is 0 Å². The van der Waals surface area contributed by atoms with Gasteiger partial charge in [-0.25, -0.2) is 4.98 Å². The summed E-state index contributed by atoms with van der Waals surface area (Å²) in [4.78, 5) is 8.81. The molecule has 1 heterocycles. The van der Waals surface area contributed by atoms with Crippen LogP contribution in [0.2, 0.25) is 0 Å². The van der Waals surface area contributed by atoms with Crippen molar-refractivity contribution >= 4 is 5.82 Å². The number of anilines is 1. The molecule has 0 aliphatic carbocycles. The van der Waals surface area contributed by atoms with E-state index in [1.807, 2.05) is 30.3 Å². The first kappa shape index (κ1) is 20.2. The molecule has 0 spiro atoms. The Morgan fingerprint density at radius 1 is 0.897 bits per heavy atom. The zero-order valence-corrected chi connectivity index (χ0v) is 16.3. The first-order valence-corrected chi connectivity index (χ1v) is 8.99. The van der Waals surface area contributed by atoms with Crippen molar-refractivity contribution in [2.24, 2.45) is 0 Å². The van der Waals surface area contributed by atoms with Crippen LogP contribution in [0.25, 0.3) is 0 Å². The highest BCUT2D eigenvalue weighted by Crippen LogP contribution is 2.38. The molecule has 0 bridgehead atoms. The van der Waals surface area contributed by atoms with Crippen molar-refractivity contribution in [1.82, 2.24) is 9.97 Å². The number of hydrogen-bond acceptors (Lipinski definition) is 8. The van der Waals surface area contributed by atoms with Crippen molar-refractivity contribution in [2.45, 2.75) is 6.42 Å². The third kappa shape index (κ3) is 4.85. The molecule has 152 valence electrons. The third-order valence-corrected chi connectivity index (χ3v) is 4.06. The van der Waals surface area contributed by atoms with E-state index in [0.29, 0.717) is 23.7 Å². The quantitative estimate of drug-likeness (QED) is 0.567. The van der Waals surface area contributed by atoms with E-state index in [9.17, 15) is 0 Å². The molecule has 3 aromatic rings. The molecule has 8 heteroatoms. The first-order valence-electron chi connectivity index (χ1n) is 8.99. The lowest BCUT2D eigenvalue weighted by molar-refractivity contribution is 0.192. The fourth-order valence-electron chi connectivity index (χ4n) is 2.74.